The maximum absolute atomic E-state index is 11.3. The van der Waals surface area contributed by atoms with Crippen LogP contribution in [0.3, 0.4) is 0 Å². The highest BCUT2D eigenvalue weighted by atomic mass is 32.2. The first-order valence-electron chi connectivity index (χ1n) is 7.89. The van der Waals surface area contributed by atoms with E-state index in [9.17, 15) is 4.79 Å². The summed E-state index contributed by atoms with van der Waals surface area (Å²) in [7, 11) is 0. The molecular weight excluding hydrogens is 280 g/mol. The lowest BCUT2D eigenvalue weighted by atomic mass is 9.96. The number of rotatable bonds is 10. The van der Waals surface area contributed by atoms with Crippen molar-refractivity contribution < 1.29 is 9.53 Å². The molecule has 0 rings (SSSR count). The number of carbonyl (C=O) groups is 1. The van der Waals surface area contributed by atoms with Crippen LogP contribution < -0.4 is 0 Å². The van der Waals surface area contributed by atoms with Crippen LogP contribution in [-0.4, -0.2) is 23.6 Å². The fraction of sp³-hybridized carbons (Fsp3) is 0.722. The molecule has 0 N–H and O–H groups in total. The Labute approximate surface area is 135 Å². The Morgan fingerprint density at radius 2 is 2.05 bits per heavy atom. The first-order valence-corrected chi connectivity index (χ1v) is 9.12. The fourth-order valence-electron chi connectivity index (χ4n) is 2.08. The van der Waals surface area contributed by atoms with Crippen molar-refractivity contribution in [2.45, 2.75) is 65.0 Å². The average Bonchev–Trinajstić information content (AvgIpc) is 2.38. The Hall–Kier alpha value is -0.700. The van der Waals surface area contributed by atoms with Crippen molar-refractivity contribution in [3.63, 3.8) is 0 Å². The van der Waals surface area contributed by atoms with Crippen LogP contribution in [0.25, 0.3) is 0 Å². The van der Waals surface area contributed by atoms with Gasteiger partial charge in [0.2, 0.25) is 0 Å². The largest absolute Gasteiger partial charge is 0.463 e. The Morgan fingerprint density at radius 3 is 2.57 bits per heavy atom. The molecule has 0 amide bonds. The van der Waals surface area contributed by atoms with Crippen LogP contribution in [0.4, 0.5) is 0 Å². The van der Waals surface area contributed by atoms with Gasteiger partial charge in [0.05, 0.1) is 6.61 Å². The minimum absolute atomic E-state index is 0.260. The Kier molecular flexibility index (Phi) is 10.6. The van der Waals surface area contributed by atoms with Gasteiger partial charge in [0.1, 0.15) is 0 Å². The number of allylic oxidation sites excluding steroid dienone is 3. The predicted octanol–water partition coefficient (Wildman–Crippen LogP) is 5.39. The number of hydrogen-bond acceptors (Lipinski definition) is 3. The molecular formula is C18H32O2S. The van der Waals surface area contributed by atoms with Gasteiger partial charge < -0.3 is 4.74 Å². The van der Waals surface area contributed by atoms with E-state index in [0.717, 1.165) is 17.9 Å². The Balaban J connectivity index is 4.36. The zero-order chi connectivity index (χ0) is 16.3. The molecule has 0 saturated heterocycles. The van der Waals surface area contributed by atoms with Crippen molar-refractivity contribution in [1.82, 2.24) is 0 Å². The van der Waals surface area contributed by atoms with Gasteiger partial charge in [-0.25, -0.2) is 4.79 Å². The molecule has 0 aliphatic carbocycles. The van der Waals surface area contributed by atoms with Crippen molar-refractivity contribution in [3.8, 4) is 0 Å². The van der Waals surface area contributed by atoms with Gasteiger partial charge in [0.15, 0.2) is 0 Å². The van der Waals surface area contributed by atoms with E-state index in [2.05, 4.69) is 33.1 Å². The third kappa shape index (κ3) is 10.6. The van der Waals surface area contributed by atoms with Crippen LogP contribution in [0, 0.1) is 5.92 Å². The quantitative estimate of drug-likeness (QED) is 0.307. The number of ether oxygens (including phenoxy) is 1. The van der Waals surface area contributed by atoms with Gasteiger partial charge in [-0.15, -0.1) is 0 Å². The molecule has 1 unspecified atom stereocenters. The van der Waals surface area contributed by atoms with Crippen molar-refractivity contribution in [1.29, 1.82) is 0 Å². The van der Waals surface area contributed by atoms with Crippen LogP contribution in [0.5, 0.6) is 0 Å². The van der Waals surface area contributed by atoms with Gasteiger partial charge in [-0.2, -0.15) is 11.8 Å². The third-order valence-corrected chi connectivity index (χ3v) is 4.90. The van der Waals surface area contributed by atoms with Gasteiger partial charge in [0.25, 0.3) is 0 Å². The average molecular weight is 313 g/mol. The van der Waals surface area contributed by atoms with E-state index in [1.54, 1.807) is 6.08 Å². The van der Waals surface area contributed by atoms with E-state index in [1.165, 1.54) is 19.3 Å². The number of hydrogen-bond donors (Lipinski definition) is 0. The van der Waals surface area contributed by atoms with Crippen LogP contribution in [0.1, 0.15) is 60.3 Å². The lowest BCUT2D eigenvalue weighted by molar-refractivity contribution is -0.137. The minimum Gasteiger partial charge on any atom is -0.463 e. The Bertz CT molecular complexity index is 358. The van der Waals surface area contributed by atoms with Gasteiger partial charge in [-0.3, -0.25) is 0 Å². The summed E-state index contributed by atoms with van der Waals surface area (Å²) < 4.78 is 5.19. The van der Waals surface area contributed by atoms with E-state index in [4.69, 9.17) is 4.74 Å². The summed E-state index contributed by atoms with van der Waals surface area (Å²) >= 11 is 1.94. The second-order valence-electron chi connectivity index (χ2n) is 6.19. The fourth-order valence-corrected chi connectivity index (χ4v) is 2.70. The zero-order valence-electron chi connectivity index (χ0n) is 14.6. The maximum Gasteiger partial charge on any atom is 0.330 e. The topological polar surface area (TPSA) is 26.3 Å². The summed E-state index contributed by atoms with van der Waals surface area (Å²) in [6.07, 6.45) is 12.8. The summed E-state index contributed by atoms with van der Waals surface area (Å²) in [6.45, 7) is 11.1. The van der Waals surface area contributed by atoms with E-state index >= 15 is 0 Å². The molecule has 1 atom stereocenters. The molecule has 0 radical (unpaired) electrons. The number of carbonyl (C=O) groups excluding carboxylic acids is 1. The molecule has 2 nitrogen and oxygen atoms in total. The minimum atomic E-state index is -0.260. The highest BCUT2D eigenvalue weighted by Gasteiger charge is 2.20. The summed E-state index contributed by atoms with van der Waals surface area (Å²) in [5.74, 6) is 0.519. The van der Waals surface area contributed by atoms with E-state index < -0.39 is 0 Å². The van der Waals surface area contributed by atoms with E-state index in [1.807, 2.05) is 31.7 Å². The molecule has 3 heteroatoms. The van der Waals surface area contributed by atoms with Gasteiger partial charge in [-0.1, -0.05) is 45.8 Å². The molecule has 0 aliphatic rings. The van der Waals surface area contributed by atoms with E-state index in [0.29, 0.717) is 6.61 Å². The van der Waals surface area contributed by atoms with Crippen molar-refractivity contribution in [2.24, 2.45) is 5.92 Å². The van der Waals surface area contributed by atoms with Crippen LogP contribution in [0.15, 0.2) is 23.8 Å². The first kappa shape index (κ1) is 20.3. The summed E-state index contributed by atoms with van der Waals surface area (Å²) in [4.78, 5) is 11.3. The molecule has 0 fully saturated rings. The molecule has 21 heavy (non-hydrogen) atoms. The van der Waals surface area contributed by atoms with Gasteiger partial charge in [0, 0.05) is 10.8 Å². The SMILES string of the molecule is CCOC(=O)C=C(C)C=CCC(C)(CCCC(C)C)SC. The zero-order valence-corrected chi connectivity index (χ0v) is 15.4. The molecule has 0 aromatic heterocycles. The number of thioether (sulfide) groups is 1. The smallest absolute Gasteiger partial charge is 0.330 e. The van der Waals surface area contributed by atoms with Gasteiger partial charge in [-0.05, 0) is 44.4 Å². The third-order valence-electron chi connectivity index (χ3n) is 3.54. The van der Waals surface area contributed by atoms with Gasteiger partial charge >= 0.3 is 5.97 Å². The summed E-state index contributed by atoms with van der Waals surface area (Å²) in [5.41, 5.74) is 0.944. The molecule has 0 saturated carbocycles. The molecule has 0 aliphatic heterocycles. The standard InChI is InChI=1S/C18H32O2S/c1-7-20-17(19)14-16(4)11-9-13-18(5,21-6)12-8-10-15(2)3/h9,11,14-15H,7-8,10,12-13H2,1-6H3. The number of esters is 1. The van der Waals surface area contributed by atoms with Crippen molar-refractivity contribution >= 4 is 17.7 Å². The lowest BCUT2D eigenvalue weighted by Gasteiger charge is -2.26. The second-order valence-corrected chi connectivity index (χ2v) is 7.58. The highest BCUT2D eigenvalue weighted by Crippen LogP contribution is 2.33. The molecule has 0 bridgehead atoms. The summed E-state index contributed by atoms with van der Waals surface area (Å²) in [5, 5.41) is 0. The predicted molar refractivity (Wildman–Crippen MR) is 94.8 cm³/mol. The lowest BCUT2D eigenvalue weighted by Crippen LogP contribution is -2.18. The Morgan fingerprint density at radius 1 is 1.38 bits per heavy atom. The van der Waals surface area contributed by atoms with Crippen molar-refractivity contribution in [3.05, 3.63) is 23.8 Å². The monoisotopic (exact) mass is 312 g/mol. The molecule has 0 aromatic carbocycles. The normalized spacial score (nSPS) is 15.5. The van der Waals surface area contributed by atoms with Crippen LogP contribution in [-0.2, 0) is 9.53 Å². The molecule has 0 aromatic rings. The van der Waals surface area contributed by atoms with E-state index in [-0.39, 0.29) is 10.7 Å². The van der Waals surface area contributed by atoms with Crippen LogP contribution in [0.2, 0.25) is 0 Å². The molecule has 0 spiro atoms. The van der Waals surface area contributed by atoms with Crippen molar-refractivity contribution in [2.75, 3.05) is 12.9 Å². The summed E-state index contributed by atoms with van der Waals surface area (Å²) in [6, 6.07) is 0. The highest BCUT2D eigenvalue weighted by molar-refractivity contribution is 7.99. The second kappa shape index (κ2) is 10.9. The first-order chi connectivity index (χ1) is 9.83. The van der Waals surface area contributed by atoms with Crippen LogP contribution >= 0.6 is 11.8 Å². The molecule has 122 valence electrons. The molecule has 0 heterocycles. The maximum atomic E-state index is 11.3.